The minimum atomic E-state index is -1.08. The zero-order valence-corrected chi connectivity index (χ0v) is 15.3. The molecule has 26 heavy (non-hydrogen) atoms. The summed E-state index contributed by atoms with van der Waals surface area (Å²) in [7, 11) is 0. The van der Waals surface area contributed by atoms with Crippen LogP contribution in [0.5, 0.6) is 0 Å². The minimum Gasteiger partial charge on any atom is -0.388 e. The normalized spacial score (nSPS) is 12.9. The third-order valence-electron chi connectivity index (χ3n) is 4.20. The Balaban J connectivity index is 1.73. The summed E-state index contributed by atoms with van der Waals surface area (Å²) in [6.07, 6.45) is 1.19. The summed E-state index contributed by atoms with van der Waals surface area (Å²) in [6.45, 7) is 3.95. The highest BCUT2D eigenvalue weighted by Crippen LogP contribution is 2.13. The molecule has 0 saturated heterocycles. The first-order valence-corrected chi connectivity index (χ1v) is 8.74. The molecular weight excluding hydrogens is 328 g/mol. The Kier molecular flexibility index (Phi) is 6.92. The van der Waals surface area contributed by atoms with E-state index < -0.39 is 17.4 Å². The Hall–Kier alpha value is -2.66. The van der Waals surface area contributed by atoms with Crippen LogP contribution in [0.1, 0.15) is 30.0 Å². The van der Waals surface area contributed by atoms with Gasteiger partial charge in [-0.25, -0.2) is 0 Å². The average Bonchev–Trinajstić information content (AvgIpc) is 2.65. The number of amides is 2. The molecule has 5 nitrogen and oxygen atoms in total. The van der Waals surface area contributed by atoms with Crippen LogP contribution in [0.3, 0.4) is 0 Å². The van der Waals surface area contributed by atoms with Crippen LogP contribution < -0.4 is 10.6 Å². The summed E-state index contributed by atoms with van der Waals surface area (Å²) in [5, 5.41) is 15.5. The maximum absolute atomic E-state index is 11.9. The van der Waals surface area contributed by atoms with Crippen LogP contribution in [0.2, 0.25) is 0 Å². The SMILES string of the molecule is Cc1ccc(CNC(=O)C(=O)NCC(C)(O)CCc2ccccc2)cc1. The van der Waals surface area contributed by atoms with Crippen LogP contribution in [-0.4, -0.2) is 29.1 Å². The quantitative estimate of drug-likeness (QED) is 0.667. The lowest BCUT2D eigenvalue weighted by molar-refractivity contribution is -0.139. The molecule has 2 aromatic carbocycles. The lowest BCUT2D eigenvalue weighted by atomic mass is 9.97. The van der Waals surface area contributed by atoms with Gasteiger partial charge in [0.25, 0.3) is 0 Å². The molecule has 0 saturated carbocycles. The van der Waals surface area contributed by atoms with Gasteiger partial charge in [-0.1, -0.05) is 60.2 Å². The van der Waals surface area contributed by atoms with E-state index >= 15 is 0 Å². The van der Waals surface area contributed by atoms with Crippen molar-refractivity contribution < 1.29 is 14.7 Å². The zero-order chi connectivity index (χ0) is 19.0. The van der Waals surface area contributed by atoms with Gasteiger partial charge in [-0.15, -0.1) is 0 Å². The molecule has 0 aliphatic heterocycles. The number of carbonyl (C=O) groups is 2. The van der Waals surface area contributed by atoms with Crippen molar-refractivity contribution in [2.75, 3.05) is 6.54 Å². The molecule has 2 aromatic rings. The van der Waals surface area contributed by atoms with E-state index in [1.807, 2.05) is 61.5 Å². The molecule has 0 aromatic heterocycles. The van der Waals surface area contributed by atoms with Crippen molar-refractivity contribution in [3.63, 3.8) is 0 Å². The number of rotatable bonds is 7. The second-order valence-electron chi connectivity index (χ2n) is 6.83. The van der Waals surface area contributed by atoms with Crippen molar-refractivity contribution in [3.05, 3.63) is 71.3 Å². The Morgan fingerprint density at radius 1 is 0.923 bits per heavy atom. The number of carbonyl (C=O) groups excluding carboxylic acids is 2. The Bertz CT molecular complexity index is 725. The average molecular weight is 354 g/mol. The fourth-order valence-electron chi connectivity index (χ4n) is 2.47. The van der Waals surface area contributed by atoms with Gasteiger partial charge in [0.05, 0.1) is 5.60 Å². The first-order chi connectivity index (χ1) is 12.4. The van der Waals surface area contributed by atoms with E-state index in [4.69, 9.17) is 0 Å². The molecule has 138 valence electrons. The van der Waals surface area contributed by atoms with Gasteiger partial charge in [-0.05, 0) is 37.8 Å². The number of hydrogen-bond donors (Lipinski definition) is 3. The van der Waals surface area contributed by atoms with Crippen molar-refractivity contribution in [2.45, 2.75) is 38.8 Å². The van der Waals surface area contributed by atoms with E-state index in [-0.39, 0.29) is 13.1 Å². The van der Waals surface area contributed by atoms with Gasteiger partial charge in [0.15, 0.2) is 0 Å². The van der Waals surface area contributed by atoms with Crippen molar-refractivity contribution in [1.82, 2.24) is 10.6 Å². The molecule has 0 bridgehead atoms. The minimum absolute atomic E-state index is 0.0244. The van der Waals surface area contributed by atoms with E-state index in [9.17, 15) is 14.7 Å². The highest BCUT2D eigenvalue weighted by molar-refractivity contribution is 6.35. The Labute approximate surface area is 154 Å². The van der Waals surface area contributed by atoms with Gasteiger partial charge >= 0.3 is 11.8 Å². The molecule has 0 radical (unpaired) electrons. The summed E-state index contributed by atoms with van der Waals surface area (Å²) >= 11 is 0. The summed E-state index contributed by atoms with van der Waals surface area (Å²) < 4.78 is 0. The van der Waals surface area contributed by atoms with Crippen LogP contribution in [0, 0.1) is 6.92 Å². The first-order valence-electron chi connectivity index (χ1n) is 8.74. The van der Waals surface area contributed by atoms with E-state index in [2.05, 4.69) is 10.6 Å². The first kappa shape index (κ1) is 19.7. The Morgan fingerprint density at radius 3 is 2.19 bits per heavy atom. The molecule has 0 spiro atoms. The van der Waals surface area contributed by atoms with Gasteiger partial charge in [-0.2, -0.15) is 0 Å². The zero-order valence-electron chi connectivity index (χ0n) is 15.3. The lowest BCUT2D eigenvalue weighted by Gasteiger charge is -2.23. The smallest absolute Gasteiger partial charge is 0.309 e. The van der Waals surface area contributed by atoms with Crippen LogP contribution in [0.25, 0.3) is 0 Å². The molecule has 1 unspecified atom stereocenters. The van der Waals surface area contributed by atoms with Crippen molar-refractivity contribution in [1.29, 1.82) is 0 Å². The summed E-state index contributed by atoms with van der Waals surface area (Å²) in [5.41, 5.74) is 2.10. The molecule has 0 fully saturated rings. The topological polar surface area (TPSA) is 78.4 Å². The van der Waals surface area contributed by atoms with Crippen LogP contribution >= 0.6 is 0 Å². The van der Waals surface area contributed by atoms with Crippen LogP contribution in [0.4, 0.5) is 0 Å². The highest BCUT2D eigenvalue weighted by atomic mass is 16.3. The molecular formula is C21H26N2O3. The standard InChI is InChI=1S/C21H26N2O3/c1-16-8-10-18(11-9-16)14-22-19(24)20(25)23-15-21(2,26)13-12-17-6-4-3-5-7-17/h3-11,26H,12-15H2,1-2H3,(H,22,24)(H,23,25). The number of aliphatic hydroxyl groups is 1. The molecule has 2 rings (SSSR count). The van der Waals surface area contributed by atoms with Gasteiger partial charge in [-0.3, -0.25) is 9.59 Å². The lowest BCUT2D eigenvalue weighted by Crippen LogP contribution is -2.46. The molecule has 0 aliphatic rings. The summed E-state index contributed by atoms with van der Waals surface area (Å²) in [6, 6.07) is 17.5. The van der Waals surface area contributed by atoms with Gasteiger partial charge in [0, 0.05) is 13.1 Å². The van der Waals surface area contributed by atoms with Crippen molar-refractivity contribution >= 4 is 11.8 Å². The third kappa shape index (κ3) is 6.69. The number of aryl methyl sites for hydroxylation is 2. The number of nitrogens with one attached hydrogen (secondary N) is 2. The predicted molar refractivity (Wildman–Crippen MR) is 101 cm³/mol. The number of benzene rings is 2. The molecule has 5 heteroatoms. The Morgan fingerprint density at radius 2 is 1.54 bits per heavy atom. The van der Waals surface area contributed by atoms with Crippen LogP contribution in [0.15, 0.2) is 54.6 Å². The van der Waals surface area contributed by atoms with Crippen molar-refractivity contribution in [3.8, 4) is 0 Å². The van der Waals surface area contributed by atoms with Crippen LogP contribution in [-0.2, 0) is 22.6 Å². The van der Waals surface area contributed by atoms with Gasteiger partial charge in [0.2, 0.25) is 0 Å². The second-order valence-corrected chi connectivity index (χ2v) is 6.83. The number of hydrogen-bond acceptors (Lipinski definition) is 3. The summed E-state index contributed by atoms with van der Waals surface area (Å²) in [5.74, 6) is -1.44. The fourth-order valence-corrected chi connectivity index (χ4v) is 2.47. The highest BCUT2D eigenvalue weighted by Gasteiger charge is 2.23. The van der Waals surface area contributed by atoms with E-state index in [1.165, 1.54) is 0 Å². The maximum atomic E-state index is 11.9. The van der Waals surface area contributed by atoms with Gasteiger partial charge < -0.3 is 15.7 Å². The van der Waals surface area contributed by atoms with E-state index in [0.717, 1.165) is 16.7 Å². The van der Waals surface area contributed by atoms with Crippen molar-refractivity contribution in [2.24, 2.45) is 0 Å². The maximum Gasteiger partial charge on any atom is 0.309 e. The molecule has 3 N–H and O–H groups in total. The molecule has 1 atom stereocenters. The largest absolute Gasteiger partial charge is 0.388 e. The second kappa shape index (κ2) is 9.15. The predicted octanol–water partition coefficient (Wildman–Crippen LogP) is 2.11. The fraction of sp³-hybridized carbons (Fsp3) is 0.333. The van der Waals surface area contributed by atoms with Gasteiger partial charge in [0.1, 0.15) is 0 Å². The summed E-state index contributed by atoms with van der Waals surface area (Å²) in [4.78, 5) is 23.8. The molecule has 0 aliphatic carbocycles. The van der Waals surface area contributed by atoms with E-state index in [0.29, 0.717) is 12.8 Å². The monoisotopic (exact) mass is 354 g/mol. The molecule has 0 heterocycles. The molecule has 2 amide bonds. The van der Waals surface area contributed by atoms with E-state index in [1.54, 1.807) is 6.92 Å². The third-order valence-corrected chi connectivity index (χ3v) is 4.20.